The summed E-state index contributed by atoms with van der Waals surface area (Å²) in [6, 6.07) is 0.800. The van der Waals surface area contributed by atoms with Crippen molar-refractivity contribution >= 4 is 29.9 Å². The predicted octanol–water partition coefficient (Wildman–Crippen LogP) is 2.17. The molecule has 1 atom stereocenters. The van der Waals surface area contributed by atoms with E-state index in [1.165, 1.54) is 38.5 Å². The fraction of sp³-hybridized carbons (Fsp3) is 0.941. The minimum atomic E-state index is 0. The molecule has 134 valence electrons. The summed E-state index contributed by atoms with van der Waals surface area (Å²) in [6.07, 6.45) is 8.02. The van der Waals surface area contributed by atoms with Gasteiger partial charge in [0.15, 0.2) is 5.96 Å². The van der Waals surface area contributed by atoms with Crippen LogP contribution in [0.25, 0.3) is 0 Å². The van der Waals surface area contributed by atoms with Crippen LogP contribution in [-0.4, -0.2) is 75.3 Å². The Morgan fingerprint density at radius 2 is 2.13 bits per heavy atom. The summed E-state index contributed by atoms with van der Waals surface area (Å²) in [7, 11) is 4.17. The van der Waals surface area contributed by atoms with Crippen LogP contribution in [0.2, 0.25) is 0 Å². The lowest BCUT2D eigenvalue weighted by Crippen LogP contribution is -2.44. The zero-order chi connectivity index (χ0) is 15.4. The third-order valence-corrected chi connectivity index (χ3v) is 5.83. The maximum absolute atomic E-state index is 5.62. The first-order chi connectivity index (χ1) is 10.7. The predicted molar refractivity (Wildman–Crippen MR) is 106 cm³/mol. The van der Waals surface area contributed by atoms with Gasteiger partial charge in [0.05, 0.1) is 6.61 Å². The third-order valence-electron chi connectivity index (χ3n) is 5.83. The standard InChI is InChI=1S/C17H32N4O.HI/c1-18-16(19-9-11-20(2)15-5-3-4-6-15)21-10-7-17(13-21)8-12-22-14-17;/h15H,3-14H2,1-2H3,(H,18,19);1H. The van der Waals surface area contributed by atoms with Crippen LogP contribution in [0, 0.1) is 5.41 Å². The second-order valence-electron chi connectivity index (χ2n) is 7.37. The lowest BCUT2D eigenvalue weighted by molar-refractivity contribution is 0.156. The number of ether oxygens (including phenoxy) is 1. The zero-order valence-electron chi connectivity index (χ0n) is 14.7. The van der Waals surface area contributed by atoms with Gasteiger partial charge in [-0.2, -0.15) is 0 Å². The van der Waals surface area contributed by atoms with Crippen LogP contribution in [0.3, 0.4) is 0 Å². The average molecular weight is 436 g/mol. The highest BCUT2D eigenvalue weighted by molar-refractivity contribution is 14.0. The molecule has 0 amide bonds. The van der Waals surface area contributed by atoms with Gasteiger partial charge in [-0.3, -0.25) is 4.99 Å². The molecular formula is C17H33IN4O. The van der Waals surface area contributed by atoms with E-state index in [9.17, 15) is 0 Å². The van der Waals surface area contributed by atoms with Crippen molar-refractivity contribution in [1.29, 1.82) is 0 Å². The van der Waals surface area contributed by atoms with Gasteiger partial charge in [-0.1, -0.05) is 12.8 Å². The summed E-state index contributed by atoms with van der Waals surface area (Å²) in [5, 5.41) is 3.57. The molecule has 0 aromatic rings. The Bertz CT molecular complexity index is 392. The summed E-state index contributed by atoms with van der Waals surface area (Å²) in [4.78, 5) is 9.43. The van der Waals surface area contributed by atoms with Gasteiger partial charge in [0.1, 0.15) is 0 Å². The average Bonchev–Trinajstić information content (AvgIpc) is 3.27. The van der Waals surface area contributed by atoms with E-state index in [1.54, 1.807) is 0 Å². The molecule has 1 spiro atoms. The van der Waals surface area contributed by atoms with Crippen LogP contribution in [0.4, 0.5) is 0 Å². The number of nitrogens with one attached hydrogen (secondary N) is 1. The molecule has 2 aliphatic heterocycles. The summed E-state index contributed by atoms with van der Waals surface area (Å²) in [5.74, 6) is 1.07. The molecule has 3 fully saturated rings. The fourth-order valence-electron chi connectivity index (χ4n) is 4.29. The minimum Gasteiger partial charge on any atom is -0.381 e. The van der Waals surface area contributed by atoms with Crippen molar-refractivity contribution in [2.45, 2.75) is 44.6 Å². The summed E-state index contributed by atoms with van der Waals surface area (Å²) in [5.41, 5.74) is 0.401. The van der Waals surface area contributed by atoms with Crippen LogP contribution in [0.1, 0.15) is 38.5 Å². The van der Waals surface area contributed by atoms with Gasteiger partial charge in [0, 0.05) is 51.3 Å². The Balaban J connectivity index is 0.00000192. The maximum atomic E-state index is 5.62. The quantitative estimate of drug-likeness (QED) is 0.417. The summed E-state index contributed by atoms with van der Waals surface area (Å²) >= 11 is 0. The largest absolute Gasteiger partial charge is 0.381 e. The number of aliphatic imine (C=N–C) groups is 1. The molecule has 1 aliphatic carbocycles. The number of guanidine groups is 1. The molecule has 0 bridgehead atoms. The number of halogens is 1. The van der Waals surface area contributed by atoms with E-state index in [2.05, 4.69) is 27.2 Å². The van der Waals surface area contributed by atoms with Gasteiger partial charge < -0.3 is 19.9 Å². The lowest BCUT2D eigenvalue weighted by atomic mass is 9.87. The Hall–Kier alpha value is -0.0800. The van der Waals surface area contributed by atoms with Gasteiger partial charge in [0.25, 0.3) is 0 Å². The Kier molecular flexibility index (Phi) is 7.41. The van der Waals surface area contributed by atoms with Crippen LogP contribution >= 0.6 is 24.0 Å². The van der Waals surface area contributed by atoms with Crippen molar-refractivity contribution in [1.82, 2.24) is 15.1 Å². The number of nitrogens with zero attached hydrogens (tertiary/aromatic N) is 3. The van der Waals surface area contributed by atoms with Crippen LogP contribution < -0.4 is 5.32 Å². The Morgan fingerprint density at radius 3 is 2.78 bits per heavy atom. The molecule has 2 heterocycles. The van der Waals surface area contributed by atoms with E-state index in [4.69, 9.17) is 4.74 Å². The van der Waals surface area contributed by atoms with E-state index in [0.29, 0.717) is 5.41 Å². The Labute approximate surface area is 158 Å². The first kappa shape index (κ1) is 19.2. The molecule has 1 unspecified atom stereocenters. The summed E-state index contributed by atoms with van der Waals surface area (Å²) < 4.78 is 5.62. The SMILES string of the molecule is CN=C(NCCN(C)C1CCCC1)N1CCC2(CCOC2)C1.I. The van der Waals surface area contributed by atoms with E-state index in [-0.39, 0.29) is 24.0 Å². The smallest absolute Gasteiger partial charge is 0.193 e. The van der Waals surface area contributed by atoms with Crippen molar-refractivity contribution in [2.24, 2.45) is 10.4 Å². The van der Waals surface area contributed by atoms with Gasteiger partial charge >= 0.3 is 0 Å². The molecule has 1 N–H and O–H groups in total. The molecule has 6 heteroatoms. The van der Waals surface area contributed by atoms with E-state index in [0.717, 1.165) is 51.4 Å². The van der Waals surface area contributed by atoms with Gasteiger partial charge in [-0.15, -0.1) is 24.0 Å². The van der Waals surface area contributed by atoms with E-state index >= 15 is 0 Å². The van der Waals surface area contributed by atoms with Crippen LogP contribution in [-0.2, 0) is 4.74 Å². The highest BCUT2D eigenvalue weighted by Gasteiger charge is 2.42. The molecule has 0 aromatic carbocycles. The van der Waals surface area contributed by atoms with E-state index in [1.807, 2.05) is 7.05 Å². The lowest BCUT2D eigenvalue weighted by Gasteiger charge is -2.27. The molecule has 1 saturated carbocycles. The maximum Gasteiger partial charge on any atom is 0.193 e. The first-order valence-corrected chi connectivity index (χ1v) is 8.96. The highest BCUT2D eigenvalue weighted by atomic mass is 127. The van der Waals surface area contributed by atoms with Crippen molar-refractivity contribution in [3.8, 4) is 0 Å². The first-order valence-electron chi connectivity index (χ1n) is 8.96. The number of likely N-dealkylation sites (N-methyl/N-ethyl adjacent to an activating group) is 1. The molecule has 5 nitrogen and oxygen atoms in total. The number of rotatable bonds is 4. The molecule has 0 aromatic heterocycles. The Morgan fingerprint density at radius 1 is 1.35 bits per heavy atom. The second-order valence-corrected chi connectivity index (χ2v) is 7.37. The van der Waals surface area contributed by atoms with Gasteiger partial charge in [0.2, 0.25) is 0 Å². The number of hydrogen-bond acceptors (Lipinski definition) is 3. The van der Waals surface area contributed by atoms with Gasteiger partial charge in [-0.05, 0) is 32.7 Å². The second kappa shape index (κ2) is 8.85. The molecule has 3 rings (SSSR count). The summed E-state index contributed by atoms with van der Waals surface area (Å²) in [6.45, 7) is 6.18. The molecule has 23 heavy (non-hydrogen) atoms. The number of hydrogen-bond donors (Lipinski definition) is 1. The normalized spacial score (nSPS) is 28.8. The van der Waals surface area contributed by atoms with Gasteiger partial charge in [-0.25, -0.2) is 0 Å². The van der Waals surface area contributed by atoms with Crippen molar-refractivity contribution in [2.75, 3.05) is 53.5 Å². The van der Waals surface area contributed by atoms with Crippen LogP contribution in [0.5, 0.6) is 0 Å². The third kappa shape index (κ3) is 4.72. The van der Waals surface area contributed by atoms with Crippen molar-refractivity contribution in [3.05, 3.63) is 0 Å². The fourth-order valence-corrected chi connectivity index (χ4v) is 4.29. The molecule has 0 radical (unpaired) electrons. The minimum absolute atomic E-state index is 0. The zero-order valence-corrected chi connectivity index (χ0v) is 17.1. The van der Waals surface area contributed by atoms with Crippen molar-refractivity contribution in [3.63, 3.8) is 0 Å². The molecular weight excluding hydrogens is 403 g/mol. The van der Waals surface area contributed by atoms with Crippen LogP contribution in [0.15, 0.2) is 4.99 Å². The van der Waals surface area contributed by atoms with Crippen molar-refractivity contribution < 1.29 is 4.74 Å². The topological polar surface area (TPSA) is 40.1 Å². The molecule has 3 aliphatic rings. The van der Waals surface area contributed by atoms with E-state index < -0.39 is 0 Å². The monoisotopic (exact) mass is 436 g/mol. The highest BCUT2D eigenvalue weighted by Crippen LogP contribution is 2.38. The molecule has 2 saturated heterocycles. The number of likely N-dealkylation sites (tertiary alicyclic amines) is 1.